The van der Waals surface area contributed by atoms with E-state index in [0.29, 0.717) is 26.9 Å². The number of nitrogens with one attached hydrogen (secondary N) is 1. The number of hydrogen-bond acceptors (Lipinski definition) is 2. The van der Waals surface area contributed by atoms with Crippen molar-refractivity contribution in [2.24, 2.45) is 0 Å². The van der Waals surface area contributed by atoms with Gasteiger partial charge >= 0.3 is 0 Å². The van der Waals surface area contributed by atoms with Gasteiger partial charge in [0, 0.05) is 21.3 Å². The lowest BCUT2D eigenvalue weighted by atomic mass is 10.1. The number of aliphatic hydroxyl groups is 1. The average Bonchev–Trinajstić information content (AvgIpc) is 2.42. The number of halogens is 2. The SMILES string of the molecule is CC(O)c1ccccc1NC(=O)Cc1ccc(Cl)cc1Cl. The van der Waals surface area contributed by atoms with Crippen molar-refractivity contribution >= 4 is 34.8 Å². The molecule has 0 radical (unpaired) electrons. The summed E-state index contributed by atoms with van der Waals surface area (Å²) in [5.41, 5.74) is 1.98. The summed E-state index contributed by atoms with van der Waals surface area (Å²) in [5.74, 6) is -0.202. The number of amides is 1. The Bertz CT molecular complexity index is 656. The van der Waals surface area contributed by atoms with Crippen molar-refractivity contribution in [3.8, 4) is 0 Å². The van der Waals surface area contributed by atoms with Gasteiger partial charge in [-0.3, -0.25) is 4.79 Å². The highest BCUT2D eigenvalue weighted by molar-refractivity contribution is 6.35. The lowest BCUT2D eigenvalue weighted by molar-refractivity contribution is -0.115. The Hall–Kier alpha value is -1.55. The van der Waals surface area contributed by atoms with E-state index < -0.39 is 6.10 Å². The molecule has 21 heavy (non-hydrogen) atoms. The maximum Gasteiger partial charge on any atom is 0.228 e. The van der Waals surface area contributed by atoms with E-state index in [9.17, 15) is 9.90 Å². The first kappa shape index (κ1) is 15.8. The van der Waals surface area contributed by atoms with Gasteiger partial charge in [0.15, 0.2) is 0 Å². The first-order chi connectivity index (χ1) is 9.97. The number of benzene rings is 2. The molecule has 5 heteroatoms. The molecule has 0 bridgehead atoms. The second-order valence-electron chi connectivity index (χ2n) is 4.72. The van der Waals surface area contributed by atoms with Crippen LogP contribution < -0.4 is 5.32 Å². The second-order valence-corrected chi connectivity index (χ2v) is 5.57. The number of rotatable bonds is 4. The van der Waals surface area contributed by atoms with E-state index in [1.807, 2.05) is 6.07 Å². The van der Waals surface area contributed by atoms with E-state index in [1.54, 1.807) is 43.3 Å². The van der Waals surface area contributed by atoms with E-state index in [4.69, 9.17) is 23.2 Å². The minimum atomic E-state index is -0.652. The summed E-state index contributed by atoms with van der Waals surface area (Å²) in [6, 6.07) is 12.2. The molecule has 0 fully saturated rings. The molecule has 1 amide bonds. The highest BCUT2D eigenvalue weighted by atomic mass is 35.5. The number of anilines is 1. The van der Waals surface area contributed by atoms with Crippen LogP contribution in [0.3, 0.4) is 0 Å². The van der Waals surface area contributed by atoms with Gasteiger partial charge in [-0.1, -0.05) is 47.5 Å². The van der Waals surface area contributed by atoms with Crippen molar-refractivity contribution in [2.45, 2.75) is 19.4 Å². The van der Waals surface area contributed by atoms with Crippen molar-refractivity contribution in [3.63, 3.8) is 0 Å². The molecule has 0 spiro atoms. The van der Waals surface area contributed by atoms with Gasteiger partial charge in [-0.25, -0.2) is 0 Å². The zero-order chi connectivity index (χ0) is 15.4. The molecule has 110 valence electrons. The van der Waals surface area contributed by atoms with Gasteiger partial charge in [0.1, 0.15) is 0 Å². The molecular formula is C16H15Cl2NO2. The molecule has 1 atom stereocenters. The van der Waals surface area contributed by atoms with Crippen LogP contribution in [0, 0.1) is 0 Å². The summed E-state index contributed by atoms with van der Waals surface area (Å²) in [5, 5.41) is 13.5. The lowest BCUT2D eigenvalue weighted by Crippen LogP contribution is -2.16. The number of hydrogen-bond donors (Lipinski definition) is 2. The molecule has 0 aliphatic heterocycles. The van der Waals surface area contributed by atoms with E-state index in [2.05, 4.69) is 5.32 Å². The molecule has 2 rings (SSSR count). The van der Waals surface area contributed by atoms with Crippen LogP contribution in [0.25, 0.3) is 0 Å². The van der Waals surface area contributed by atoms with Crippen molar-refractivity contribution in [3.05, 3.63) is 63.6 Å². The highest BCUT2D eigenvalue weighted by Crippen LogP contribution is 2.24. The Morgan fingerprint density at radius 3 is 2.62 bits per heavy atom. The Morgan fingerprint density at radius 1 is 1.24 bits per heavy atom. The predicted octanol–water partition coefficient (Wildman–Crippen LogP) is 4.23. The Balaban J connectivity index is 2.12. The summed E-state index contributed by atoms with van der Waals surface area (Å²) in [6.45, 7) is 1.65. The smallest absolute Gasteiger partial charge is 0.228 e. The molecular weight excluding hydrogens is 309 g/mol. The summed E-state index contributed by atoms with van der Waals surface area (Å²) >= 11 is 11.9. The number of aliphatic hydroxyl groups excluding tert-OH is 1. The third-order valence-corrected chi connectivity index (χ3v) is 3.64. The van der Waals surface area contributed by atoms with Crippen LogP contribution >= 0.6 is 23.2 Å². The largest absolute Gasteiger partial charge is 0.389 e. The van der Waals surface area contributed by atoms with Gasteiger partial charge in [0.25, 0.3) is 0 Å². The number of para-hydroxylation sites is 1. The summed E-state index contributed by atoms with van der Waals surface area (Å²) in [6.07, 6.45) is -0.509. The number of carbonyl (C=O) groups excluding carboxylic acids is 1. The first-order valence-electron chi connectivity index (χ1n) is 6.48. The zero-order valence-corrected chi connectivity index (χ0v) is 12.9. The fourth-order valence-electron chi connectivity index (χ4n) is 2.01. The number of carbonyl (C=O) groups is 1. The van der Waals surface area contributed by atoms with E-state index in [1.165, 1.54) is 0 Å². The Labute approximate surface area is 133 Å². The van der Waals surface area contributed by atoms with Crippen LogP contribution in [0.1, 0.15) is 24.2 Å². The fraction of sp³-hybridized carbons (Fsp3) is 0.188. The second kappa shape index (κ2) is 6.94. The van der Waals surface area contributed by atoms with Gasteiger partial charge in [-0.15, -0.1) is 0 Å². The third kappa shape index (κ3) is 4.21. The van der Waals surface area contributed by atoms with Crippen LogP contribution in [-0.4, -0.2) is 11.0 Å². The van der Waals surface area contributed by atoms with Gasteiger partial charge in [0.05, 0.1) is 12.5 Å². The third-order valence-electron chi connectivity index (χ3n) is 3.05. The molecule has 2 aromatic carbocycles. The molecule has 0 aromatic heterocycles. The van der Waals surface area contributed by atoms with Crippen LogP contribution in [-0.2, 0) is 11.2 Å². The summed E-state index contributed by atoms with van der Waals surface area (Å²) in [7, 11) is 0. The van der Waals surface area contributed by atoms with Gasteiger partial charge < -0.3 is 10.4 Å². The topological polar surface area (TPSA) is 49.3 Å². The normalized spacial score (nSPS) is 12.0. The standard InChI is InChI=1S/C16H15Cl2NO2/c1-10(20)13-4-2-3-5-15(13)19-16(21)8-11-6-7-12(17)9-14(11)18/h2-7,9-10,20H,8H2,1H3,(H,19,21). The molecule has 0 aliphatic rings. The van der Waals surface area contributed by atoms with Crippen molar-refractivity contribution < 1.29 is 9.90 Å². The monoisotopic (exact) mass is 323 g/mol. The minimum Gasteiger partial charge on any atom is -0.389 e. The van der Waals surface area contributed by atoms with Crippen LogP contribution in [0.5, 0.6) is 0 Å². The molecule has 0 aliphatic carbocycles. The van der Waals surface area contributed by atoms with Gasteiger partial charge in [0.2, 0.25) is 5.91 Å². The van der Waals surface area contributed by atoms with Gasteiger partial charge in [-0.2, -0.15) is 0 Å². The Kier molecular flexibility index (Phi) is 5.23. The summed E-state index contributed by atoms with van der Waals surface area (Å²) < 4.78 is 0. The molecule has 2 N–H and O–H groups in total. The van der Waals surface area contributed by atoms with Crippen LogP contribution in [0.15, 0.2) is 42.5 Å². The van der Waals surface area contributed by atoms with E-state index >= 15 is 0 Å². The van der Waals surface area contributed by atoms with Crippen LogP contribution in [0.2, 0.25) is 10.0 Å². The van der Waals surface area contributed by atoms with Crippen LogP contribution in [0.4, 0.5) is 5.69 Å². The van der Waals surface area contributed by atoms with Crippen molar-refractivity contribution in [2.75, 3.05) is 5.32 Å². The minimum absolute atomic E-state index is 0.143. The summed E-state index contributed by atoms with van der Waals surface area (Å²) in [4.78, 5) is 12.1. The lowest BCUT2D eigenvalue weighted by Gasteiger charge is -2.13. The molecule has 0 saturated heterocycles. The quantitative estimate of drug-likeness (QED) is 0.884. The fourth-order valence-corrected chi connectivity index (χ4v) is 2.48. The maximum absolute atomic E-state index is 12.1. The molecule has 0 saturated carbocycles. The highest BCUT2D eigenvalue weighted by Gasteiger charge is 2.12. The first-order valence-corrected chi connectivity index (χ1v) is 7.23. The molecule has 1 unspecified atom stereocenters. The van der Waals surface area contributed by atoms with E-state index in [-0.39, 0.29) is 12.3 Å². The van der Waals surface area contributed by atoms with E-state index in [0.717, 1.165) is 0 Å². The molecule has 2 aromatic rings. The predicted molar refractivity (Wildman–Crippen MR) is 85.9 cm³/mol. The maximum atomic E-state index is 12.1. The molecule has 3 nitrogen and oxygen atoms in total. The average molecular weight is 324 g/mol. The molecule has 0 heterocycles. The Morgan fingerprint density at radius 2 is 1.95 bits per heavy atom. The van der Waals surface area contributed by atoms with Crippen molar-refractivity contribution in [1.82, 2.24) is 0 Å². The van der Waals surface area contributed by atoms with Crippen molar-refractivity contribution in [1.29, 1.82) is 0 Å². The zero-order valence-electron chi connectivity index (χ0n) is 11.4. The van der Waals surface area contributed by atoms with Gasteiger partial charge in [-0.05, 0) is 30.7 Å².